The number of nitrogens with two attached hydrogens (primary N) is 1. The van der Waals surface area contributed by atoms with E-state index in [1.165, 1.54) is 6.07 Å². The molecule has 1 heterocycles. The number of rotatable bonds is 3. The van der Waals surface area contributed by atoms with Crippen LogP contribution in [-0.4, -0.2) is 18.9 Å². The van der Waals surface area contributed by atoms with Gasteiger partial charge >= 0.3 is 6.18 Å². The fourth-order valence-corrected chi connectivity index (χ4v) is 2.80. The predicted octanol–water partition coefficient (Wildman–Crippen LogP) is 3.62. The van der Waals surface area contributed by atoms with Crippen molar-refractivity contribution in [3.8, 4) is 0 Å². The molecule has 0 bridgehead atoms. The maximum atomic E-state index is 13.1. The lowest BCUT2D eigenvalue weighted by Crippen LogP contribution is -2.33. The molecule has 3 nitrogen and oxygen atoms in total. The molecule has 1 saturated heterocycles. The maximum Gasteiger partial charge on any atom is 0.417 e. The van der Waals surface area contributed by atoms with Crippen molar-refractivity contribution in [3.63, 3.8) is 0 Å². The Morgan fingerprint density at radius 2 is 1.95 bits per heavy atom. The molecule has 1 aromatic rings. The largest absolute Gasteiger partial charge is 0.417 e. The van der Waals surface area contributed by atoms with E-state index in [4.69, 9.17) is 11.1 Å². The Morgan fingerprint density at radius 1 is 1.33 bits per heavy atom. The minimum absolute atomic E-state index is 0.255. The van der Waals surface area contributed by atoms with Crippen molar-refractivity contribution in [3.05, 3.63) is 29.3 Å². The van der Waals surface area contributed by atoms with E-state index in [0.29, 0.717) is 11.6 Å². The van der Waals surface area contributed by atoms with Gasteiger partial charge in [-0.05, 0) is 37.0 Å². The monoisotopic (exact) mass is 299 g/mol. The van der Waals surface area contributed by atoms with Gasteiger partial charge in [0.15, 0.2) is 0 Å². The molecule has 116 valence electrons. The van der Waals surface area contributed by atoms with Gasteiger partial charge in [-0.3, -0.25) is 5.41 Å². The highest BCUT2D eigenvalue weighted by molar-refractivity contribution is 5.97. The van der Waals surface area contributed by atoms with Gasteiger partial charge in [-0.25, -0.2) is 0 Å². The van der Waals surface area contributed by atoms with Crippen LogP contribution in [0, 0.1) is 11.3 Å². The number of hydrogen-bond acceptors (Lipinski definition) is 2. The van der Waals surface area contributed by atoms with Gasteiger partial charge in [0, 0.05) is 24.3 Å². The van der Waals surface area contributed by atoms with Crippen molar-refractivity contribution in [2.45, 2.75) is 32.4 Å². The number of piperidine rings is 1. The Kier molecular flexibility index (Phi) is 4.44. The minimum Gasteiger partial charge on any atom is -0.384 e. The van der Waals surface area contributed by atoms with Crippen LogP contribution in [0.25, 0.3) is 0 Å². The second-order valence-corrected chi connectivity index (χ2v) is 5.48. The van der Waals surface area contributed by atoms with E-state index in [1.54, 1.807) is 6.07 Å². The second kappa shape index (κ2) is 5.95. The van der Waals surface area contributed by atoms with E-state index < -0.39 is 17.6 Å². The third kappa shape index (κ3) is 3.49. The number of halogens is 3. The molecule has 0 saturated carbocycles. The normalized spacial score (nSPS) is 17.0. The Labute approximate surface area is 122 Å². The number of amidine groups is 1. The fourth-order valence-electron chi connectivity index (χ4n) is 2.80. The second-order valence-electron chi connectivity index (χ2n) is 5.48. The molecule has 1 aliphatic heterocycles. The van der Waals surface area contributed by atoms with E-state index in [2.05, 4.69) is 6.92 Å². The van der Waals surface area contributed by atoms with Crippen LogP contribution in [0.1, 0.15) is 37.3 Å². The van der Waals surface area contributed by atoms with Crippen LogP contribution in [0.15, 0.2) is 18.2 Å². The Morgan fingerprint density at radius 3 is 2.43 bits per heavy atom. The first-order chi connectivity index (χ1) is 9.82. The smallest absolute Gasteiger partial charge is 0.384 e. The number of hydrogen-bond donors (Lipinski definition) is 2. The summed E-state index contributed by atoms with van der Waals surface area (Å²) < 4.78 is 39.3. The van der Waals surface area contributed by atoms with Gasteiger partial charge in [0.25, 0.3) is 0 Å². The molecule has 1 fully saturated rings. The molecule has 0 spiro atoms. The number of nitrogens with zero attached hydrogens (tertiary/aromatic N) is 1. The molecule has 1 aliphatic rings. The van der Waals surface area contributed by atoms with Crippen LogP contribution < -0.4 is 10.6 Å². The molecule has 0 aliphatic carbocycles. The summed E-state index contributed by atoms with van der Waals surface area (Å²) in [6.45, 7) is 3.69. The molecular formula is C15H20F3N3. The first kappa shape index (κ1) is 15.7. The summed E-state index contributed by atoms with van der Waals surface area (Å²) in [5.74, 6) is 0.110. The summed E-state index contributed by atoms with van der Waals surface area (Å²) in [5, 5.41) is 7.29. The van der Waals surface area contributed by atoms with Gasteiger partial charge in [-0.2, -0.15) is 13.2 Å². The number of anilines is 1. The molecule has 0 aromatic heterocycles. The average Bonchev–Trinajstić information content (AvgIpc) is 2.45. The number of nitrogen functional groups attached to an aromatic ring is 1. The number of alkyl halides is 3. The highest BCUT2D eigenvalue weighted by Gasteiger charge is 2.35. The van der Waals surface area contributed by atoms with Crippen molar-refractivity contribution in [2.75, 3.05) is 18.0 Å². The van der Waals surface area contributed by atoms with E-state index >= 15 is 0 Å². The highest BCUT2D eigenvalue weighted by Crippen LogP contribution is 2.35. The van der Waals surface area contributed by atoms with Gasteiger partial charge in [0.1, 0.15) is 5.84 Å². The highest BCUT2D eigenvalue weighted by atomic mass is 19.4. The van der Waals surface area contributed by atoms with Gasteiger partial charge in [-0.15, -0.1) is 0 Å². The summed E-state index contributed by atoms with van der Waals surface area (Å²) in [5.41, 5.74) is 4.72. The third-order valence-corrected chi connectivity index (χ3v) is 4.16. The van der Waals surface area contributed by atoms with Crippen LogP contribution >= 0.6 is 0 Å². The van der Waals surface area contributed by atoms with Crippen molar-refractivity contribution in [2.24, 2.45) is 11.7 Å². The topological polar surface area (TPSA) is 53.1 Å². The molecule has 3 N–H and O–H groups in total. The van der Waals surface area contributed by atoms with Crippen LogP contribution in [0.3, 0.4) is 0 Å². The third-order valence-electron chi connectivity index (χ3n) is 4.16. The molecule has 6 heteroatoms. The van der Waals surface area contributed by atoms with Crippen LogP contribution in [0.4, 0.5) is 18.9 Å². The first-order valence-corrected chi connectivity index (χ1v) is 7.13. The van der Waals surface area contributed by atoms with Gasteiger partial charge in [0.05, 0.1) is 5.56 Å². The quantitative estimate of drug-likeness (QED) is 0.661. The zero-order valence-electron chi connectivity index (χ0n) is 12.0. The minimum atomic E-state index is -4.50. The SMILES string of the molecule is CCC1CCN(c2ccc(C(=N)N)c(C(F)(F)F)c2)CC1. The number of benzene rings is 1. The van der Waals surface area contributed by atoms with Crippen LogP contribution in [0.5, 0.6) is 0 Å². The Bertz CT molecular complexity index is 517. The summed E-state index contributed by atoms with van der Waals surface area (Å²) in [4.78, 5) is 1.98. The van der Waals surface area contributed by atoms with E-state index in [9.17, 15) is 13.2 Å². The summed E-state index contributed by atoms with van der Waals surface area (Å²) in [6.07, 6.45) is -1.37. The summed E-state index contributed by atoms with van der Waals surface area (Å²) in [7, 11) is 0. The molecule has 0 amide bonds. The Balaban J connectivity index is 2.28. The van der Waals surface area contributed by atoms with Crippen molar-refractivity contribution in [1.82, 2.24) is 0 Å². The van der Waals surface area contributed by atoms with Gasteiger partial charge in [0.2, 0.25) is 0 Å². The Hall–Kier alpha value is -1.72. The lowest BCUT2D eigenvalue weighted by atomic mass is 9.94. The first-order valence-electron chi connectivity index (χ1n) is 7.13. The molecule has 21 heavy (non-hydrogen) atoms. The lowest BCUT2D eigenvalue weighted by molar-refractivity contribution is -0.137. The van der Waals surface area contributed by atoms with Gasteiger partial charge in [-0.1, -0.05) is 13.3 Å². The zero-order chi connectivity index (χ0) is 15.6. The molecule has 0 radical (unpaired) electrons. The van der Waals surface area contributed by atoms with Crippen molar-refractivity contribution in [1.29, 1.82) is 5.41 Å². The maximum absolute atomic E-state index is 13.1. The van der Waals surface area contributed by atoms with E-state index in [0.717, 1.165) is 38.4 Å². The summed E-state index contributed by atoms with van der Waals surface area (Å²) in [6, 6.07) is 4.04. The molecule has 1 aromatic carbocycles. The van der Waals surface area contributed by atoms with Crippen molar-refractivity contribution < 1.29 is 13.2 Å². The number of nitrogens with one attached hydrogen (secondary N) is 1. The fraction of sp³-hybridized carbons (Fsp3) is 0.533. The zero-order valence-corrected chi connectivity index (χ0v) is 12.0. The summed E-state index contributed by atoms with van der Waals surface area (Å²) >= 11 is 0. The molecule has 2 rings (SSSR count). The molecule has 0 atom stereocenters. The predicted molar refractivity (Wildman–Crippen MR) is 77.7 cm³/mol. The lowest BCUT2D eigenvalue weighted by Gasteiger charge is -2.33. The van der Waals surface area contributed by atoms with E-state index in [-0.39, 0.29) is 5.56 Å². The van der Waals surface area contributed by atoms with E-state index in [1.807, 2.05) is 4.90 Å². The van der Waals surface area contributed by atoms with Crippen molar-refractivity contribution >= 4 is 11.5 Å². The average molecular weight is 299 g/mol. The molecule has 0 unspecified atom stereocenters. The standard InChI is InChI=1S/C15H20F3N3/c1-2-10-5-7-21(8-6-10)11-3-4-12(14(19)20)13(9-11)15(16,17)18/h3-4,9-10H,2,5-8H2,1H3,(H3,19,20). The van der Waals surface area contributed by atoms with Crippen LogP contribution in [0.2, 0.25) is 0 Å². The molecular weight excluding hydrogens is 279 g/mol. The van der Waals surface area contributed by atoms with Crippen LogP contribution in [-0.2, 0) is 6.18 Å². The van der Waals surface area contributed by atoms with Gasteiger partial charge < -0.3 is 10.6 Å².